The van der Waals surface area contributed by atoms with Crippen molar-refractivity contribution in [2.75, 3.05) is 13.1 Å². The first-order chi connectivity index (χ1) is 14.4. The summed E-state index contributed by atoms with van der Waals surface area (Å²) in [4.78, 5) is 12.4. The molecule has 1 fully saturated rings. The molecule has 1 atom stereocenters. The maximum atomic E-state index is 13.0. The molecule has 0 bridgehead atoms. The highest BCUT2D eigenvalue weighted by atomic mass is 32.2. The first-order valence-corrected chi connectivity index (χ1v) is 11.6. The molecule has 1 unspecified atom stereocenters. The third-order valence-corrected chi connectivity index (χ3v) is 7.15. The molecule has 7 heteroatoms. The van der Waals surface area contributed by atoms with Crippen LogP contribution in [0.3, 0.4) is 0 Å². The molecule has 1 aliphatic rings. The predicted octanol–water partition coefficient (Wildman–Crippen LogP) is 4.28. The van der Waals surface area contributed by atoms with E-state index in [0.717, 1.165) is 36.8 Å². The summed E-state index contributed by atoms with van der Waals surface area (Å²) in [6.07, 6.45) is 6.96. The van der Waals surface area contributed by atoms with Gasteiger partial charge in [0.2, 0.25) is 15.9 Å². The van der Waals surface area contributed by atoms with Crippen LogP contribution in [-0.4, -0.2) is 31.7 Å². The van der Waals surface area contributed by atoms with E-state index >= 15 is 0 Å². The van der Waals surface area contributed by atoms with Gasteiger partial charge in [-0.15, -0.1) is 0 Å². The van der Waals surface area contributed by atoms with Crippen LogP contribution >= 0.6 is 0 Å². The van der Waals surface area contributed by atoms with Crippen molar-refractivity contribution in [2.24, 2.45) is 0 Å². The van der Waals surface area contributed by atoms with Gasteiger partial charge in [0.05, 0.1) is 10.9 Å². The van der Waals surface area contributed by atoms with Gasteiger partial charge in [-0.1, -0.05) is 37.1 Å². The van der Waals surface area contributed by atoms with Crippen molar-refractivity contribution >= 4 is 22.0 Å². The Morgan fingerprint density at radius 3 is 2.20 bits per heavy atom. The van der Waals surface area contributed by atoms with E-state index in [9.17, 15) is 17.6 Å². The van der Waals surface area contributed by atoms with Crippen LogP contribution in [0.4, 0.5) is 4.39 Å². The second-order valence-corrected chi connectivity index (χ2v) is 9.44. The van der Waals surface area contributed by atoms with Crippen LogP contribution in [0.2, 0.25) is 0 Å². The van der Waals surface area contributed by atoms with E-state index in [1.54, 1.807) is 46.8 Å². The zero-order valence-electron chi connectivity index (χ0n) is 17.1. The van der Waals surface area contributed by atoms with Crippen molar-refractivity contribution in [2.45, 2.75) is 43.5 Å². The molecule has 2 aromatic rings. The van der Waals surface area contributed by atoms with Crippen LogP contribution in [-0.2, 0) is 14.8 Å². The Balaban J connectivity index is 1.61. The molecule has 1 saturated heterocycles. The fourth-order valence-corrected chi connectivity index (χ4v) is 4.97. The molecule has 0 aromatic heterocycles. The molecule has 1 N–H and O–H groups in total. The number of nitrogens with one attached hydrogen (secondary N) is 1. The topological polar surface area (TPSA) is 66.5 Å². The van der Waals surface area contributed by atoms with Gasteiger partial charge in [-0.2, -0.15) is 4.31 Å². The minimum atomic E-state index is -3.48. The number of sulfonamides is 1. The number of nitrogens with zero attached hydrogens (tertiary/aromatic N) is 1. The van der Waals surface area contributed by atoms with E-state index in [4.69, 9.17) is 0 Å². The minimum absolute atomic E-state index is 0.260. The van der Waals surface area contributed by atoms with Crippen LogP contribution in [0.15, 0.2) is 59.5 Å². The first kappa shape index (κ1) is 22.2. The van der Waals surface area contributed by atoms with E-state index in [1.807, 2.05) is 6.92 Å². The van der Waals surface area contributed by atoms with Gasteiger partial charge in [-0.05, 0) is 61.2 Å². The SMILES string of the molecule is CC(NC(=O)/C=C/c1ccc(S(=O)(=O)N2CCCCCC2)cc1)c1ccc(F)cc1. The quantitative estimate of drug-likeness (QED) is 0.696. The summed E-state index contributed by atoms with van der Waals surface area (Å²) in [5.74, 6) is -0.605. The lowest BCUT2D eigenvalue weighted by Crippen LogP contribution is -2.31. The number of carbonyl (C=O) groups is 1. The zero-order chi connectivity index (χ0) is 21.6. The van der Waals surface area contributed by atoms with E-state index < -0.39 is 10.0 Å². The van der Waals surface area contributed by atoms with Crippen molar-refractivity contribution in [3.63, 3.8) is 0 Å². The molecule has 0 radical (unpaired) electrons. The van der Waals surface area contributed by atoms with Gasteiger partial charge in [-0.3, -0.25) is 4.79 Å². The average Bonchev–Trinajstić information content (AvgIpc) is 3.03. The van der Waals surface area contributed by atoms with Crippen LogP contribution in [0.1, 0.15) is 49.8 Å². The van der Waals surface area contributed by atoms with Crippen LogP contribution in [0.5, 0.6) is 0 Å². The van der Waals surface area contributed by atoms with Gasteiger partial charge >= 0.3 is 0 Å². The smallest absolute Gasteiger partial charge is 0.244 e. The summed E-state index contributed by atoms with van der Waals surface area (Å²) in [6, 6.07) is 12.3. The normalized spacial score (nSPS) is 16.9. The van der Waals surface area contributed by atoms with Gasteiger partial charge < -0.3 is 5.32 Å². The van der Waals surface area contributed by atoms with Crippen molar-refractivity contribution < 1.29 is 17.6 Å². The van der Waals surface area contributed by atoms with Gasteiger partial charge in [0.15, 0.2) is 0 Å². The molecule has 3 rings (SSSR count). The van der Waals surface area contributed by atoms with Crippen molar-refractivity contribution in [3.8, 4) is 0 Å². The summed E-state index contributed by atoms with van der Waals surface area (Å²) < 4.78 is 40.2. The number of benzene rings is 2. The number of halogens is 1. The fourth-order valence-electron chi connectivity index (χ4n) is 3.45. The number of amides is 1. The highest BCUT2D eigenvalue weighted by molar-refractivity contribution is 7.89. The molecular weight excluding hydrogens is 403 g/mol. The van der Waals surface area contributed by atoms with E-state index in [0.29, 0.717) is 13.1 Å². The Labute approximate surface area is 177 Å². The second-order valence-electron chi connectivity index (χ2n) is 7.50. The second kappa shape index (κ2) is 10.00. The Kier molecular flexibility index (Phi) is 7.39. The molecular formula is C23H27FN2O3S. The molecule has 160 valence electrons. The predicted molar refractivity (Wildman–Crippen MR) is 116 cm³/mol. The largest absolute Gasteiger partial charge is 0.346 e. The average molecular weight is 431 g/mol. The molecule has 1 amide bonds. The standard InChI is InChI=1S/C23H27FN2O3S/c1-18(20-9-11-21(24)12-10-20)25-23(27)15-8-19-6-13-22(14-7-19)30(28,29)26-16-4-2-3-5-17-26/h6-15,18H,2-5,16-17H2,1H3,(H,25,27)/b15-8+. The third-order valence-electron chi connectivity index (χ3n) is 5.24. The number of hydrogen-bond donors (Lipinski definition) is 1. The molecule has 1 aliphatic heterocycles. The van der Waals surface area contributed by atoms with E-state index in [2.05, 4.69) is 5.32 Å². The summed E-state index contributed by atoms with van der Waals surface area (Å²) >= 11 is 0. The highest BCUT2D eigenvalue weighted by Gasteiger charge is 2.24. The van der Waals surface area contributed by atoms with Crippen LogP contribution in [0, 0.1) is 5.82 Å². The summed E-state index contributed by atoms with van der Waals surface area (Å²) in [6.45, 7) is 2.95. The number of hydrogen-bond acceptors (Lipinski definition) is 3. The lowest BCUT2D eigenvalue weighted by Gasteiger charge is -2.19. The minimum Gasteiger partial charge on any atom is -0.346 e. The van der Waals surface area contributed by atoms with Gasteiger partial charge in [0.1, 0.15) is 5.82 Å². The summed E-state index contributed by atoms with van der Waals surface area (Å²) in [5, 5.41) is 2.82. The fraction of sp³-hybridized carbons (Fsp3) is 0.348. The molecule has 0 spiro atoms. The number of rotatable bonds is 6. The number of carbonyl (C=O) groups excluding carboxylic acids is 1. The third kappa shape index (κ3) is 5.77. The molecule has 0 aliphatic carbocycles. The Hall–Kier alpha value is -2.51. The van der Waals surface area contributed by atoms with Crippen LogP contribution < -0.4 is 5.32 Å². The highest BCUT2D eigenvalue weighted by Crippen LogP contribution is 2.21. The van der Waals surface area contributed by atoms with E-state index in [-0.39, 0.29) is 22.7 Å². The van der Waals surface area contributed by atoms with E-state index in [1.165, 1.54) is 18.2 Å². The Morgan fingerprint density at radius 1 is 1.00 bits per heavy atom. The van der Waals surface area contributed by atoms with Crippen molar-refractivity contribution in [3.05, 3.63) is 71.6 Å². The van der Waals surface area contributed by atoms with Gasteiger partial charge in [-0.25, -0.2) is 12.8 Å². The lowest BCUT2D eigenvalue weighted by atomic mass is 10.1. The molecule has 30 heavy (non-hydrogen) atoms. The maximum absolute atomic E-state index is 13.0. The van der Waals surface area contributed by atoms with Gasteiger partial charge in [0.25, 0.3) is 0 Å². The zero-order valence-corrected chi connectivity index (χ0v) is 17.9. The Bertz CT molecular complexity index is 978. The molecule has 2 aromatic carbocycles. The molecule has 0 saturated carbocycles. The maximum Gasteiger partial charge on any atom is 0.244 e. The van der Waals surface area contributed by atoms with Crippen molar-refractivity contribution in [1.82, 2.24) is 9.62 Å². The summed E-state index contributed by atoms with van der Waals surface area (Å²) in [7, 11) is -3.48. The monoisotopic (exact) mass is 430 g/mol. The van der Waals surface area contributed by atoms with Gasteiger partial charge in [0, 0.05) is 19.2 Å². The first-order valence-electron chi connectivity index (χ1n) is 10.2. The molecule has 5 nitrogen and oxygen atoms in total. The summed E-state index contributed by atoms with van der Waals surface area (Å²) in [5.41, 5.74) is 1.54. The van der Waals surface area contributed by atoms with Crippen molar-refractivity contribution in [1.29, 1.82) is 0 Å². The Morgan fingerprint density at radius 2 is 1.60 bits per heavy atom. The van der Waals surface area contributed by atoms with Crippen LogP contribution in [0.25, 0.3) is 6.08 Å². The lowest BCUT2D eigenvalue weighted by molar-refractivity contribution is -0.117. The molecule has 1 heterocycles.